The monoisotopic (exact) mass is 1450 g/mol. The van der Waals surface area contributed by atoms with Gasteiger partial charge in [-0.15, -0.1) is 0 Å². The van der Waals surface area contributed by atoms with Crippen LogP contribution in [0.25, 0.3) is 34.9 Å². The molecule has 20 heteroatoms. The lowest BCUT2D eigenvalue weighted by Gasteiger charge is -2.36. The molecule has 6 aliphatic rings. The first-order chi connectivity index (χ1) is 48.1. The molecule has 102 heavy (non-hydrogen) atoms. The Morgan fingerprint density at radius 1 is 0.471 bits per heavy atom. The highest BCUT2D eigenvalue weighted by Gasteiger charge is 2.39. The number of aromatic nitrogens is 3. The Morgan fingerprint density at radius 2 is 0.824 bits per heavy atom. The topological polar surface area (TPSA) is 200 Å². The normalized spacial score (nSPS) is 17.6. The molecule has 1 N–H and O–H groups in total. The molecular weight excluding hydrogens is 1350 g/mol. The number of ether oxygens (including phenoxy) is 5. The van der Waals surface area contributed by atoms with E-state index in [0.717, 1.165) is 112 Å². The zero-order valence-electron chi connectivity index (χ0n) is 57.1. The molecule has 3 fully saturated rings. The molecule has 12 rings (SSSR count). The van der Waals surface area contributed by atoms with Crippen LogP contribution >= 0.6 is 34.8 Å². The van der Waals surface area contributed by atoms with E-state index in [1.54, 1.807) is 22.8 Å². The fourth-order valence-electron chi connectivity index (χ4n) is 14.8. The molecule has 6 heterocycles. The summed E-state index contributed by atoms with van der Waals surface area (Å²) < 4.78 is 25.8. The lowest BCUT2D eigenvalue weighted by atomic mass is 9.76. The van der Waals surface area contributed by atoms with Gasteiger partial charge in [0.1, 0.15) is 0 Å². The molecule has 0 spiro atoms. The van der Waals surface area contributed by atoms with Crippen LogP contribution in [0, 0.1) is 17.8 Å². The van der Waals surface area contributed by atoms with Crippen LogP contribution < -0.4 is 0 Å². The Bertz CT molecular complexity index is 3960. The van der Waals surface area contributed by atoms with Crippen molar-refractivity contribution in [2.75, 3.05) is 78.9 Å². The number of pyridine rings is 3. The highest BCUT2D eigenvalue weighted by molar-refractivity contribution is 6.31. The average Bonchev–Trinajstić information content (AvgIpc) is 1.58. The maximum absolute atomic E-state index is 12.2. The van der Waals surface area contributed by atoms with E-state index in [9.17, 15) is 29.1 Å². The average molecular weight is 1450 g/mol. The molecule has 17 nitrogen and oxygen atoms in total. The van der Waals surface area contributed by atoms with E-state index >= 15 is 0 Å². The Kier molecular flexibility index (Phi) is 31.2. The molecule has 3 saturated heterocycles. The van der Waals surface area contributed by atoms with Crippen LogP contribution in [0.5, 0.6) is 0 Å². The smallest absolute Gasteiger partial charge is 0.409 e. The third-order valence-electron chi connectivity index (χ3n) is 19.3. The third kappa shape index (κ3) is 19.9. The van der Waals surface area contributed by atoms with E-state index < -0.39 is 0 Å². The zero-order chi connectivity index (χ0) is 70.0. The van der Waals surface area contributed by atoms with Crippen molar-refractivity contribution in [2.24, 2.45) is 17.8 Å². The van der Waals surface area contributed by atoms with Gasteiger partial charge in [-0.2, -0.15) is 0 Å². The van der Waals surface area contributed by atoms with Gasteiger partial charge in [0.25, 0.3) is 0 Å². The Hall–Kier alpha value is -8.35. The molecule has 3 aliphatic heterocycles. The minimum Gasteiger partial charge on any atom is -0.466 e. The van der Waals surface area contributed by atoms with Crippen LogP contribution in [0.2, 0.25) is 15.1 Å². The van der Waals surface area contributed by atoms with Gasteiger partial charge in [0.15, 0.2) is 0 Å². The Labute approximate surface area is 618 Å². The number of hydrogen-bond donors (Lipinski definition) is 1. The molecule has 0 radical (unpaired) electrons. The van der Waals surface area contributed by atoms with Crippen LogP contribution in [-0.2, 0) is 33.3 Å². The number of benzene rings is 3. The molecule has 0 saturated carbocycles. The number of rotatable bonds is 16. The lowest BCUT2D eigenvalue weighted by molar-refractivity contribution is -0.143. The first-order valence-corrected chi connectivity index (χ1v) is 36.0. The van der Waals surface area contributed by atoms with Gasteiger partial charge in [-0.1, -0.05) is 93.5 Å². The highest BCUT2D eigenvalue weighted by Crippen LogP contribution is 2.49. The number of aliphatic hydroxyl groups excluding tert-OH is 1. The van der Waals surface area contributed by atoms with E-state index in [0.29, 0.717) is 124 Å². The number of halogens is 3. The fraction of sp³-hybridized carbons (Fsp3) is 0.439. The van der Waals surface area contributed by atoms with E-state index in [2.05, 4.69) is 54.6 Å². The molecule has 3 aliphatic carbocycles. The number of aliphatic hydroxyl groups is 1. The van der Waals surface area contributed by atoms with Gasteiger partial charge < -0.3 is 43.5 Å². The number of carbonyl (C=O) groups is 5. The molecule has 0 bridgehead atoms. The molecule has 546 valence electrons. The summed E-state index contributed by atoms with van der Waals surface area (Å²) in [6.07, 6.45) is 22.0. The number of likely N-dealkylation sites (tertiary alicyclic amines) is 3. The number of allylic oxidation sites excluding steroid dienone is 4. The van der Waals surface area contributed by atoms with Gasteiger partial charge in [-0.05, 0) is 256 Å². The number of amides is 3. The third-order valence-corrected chi connectivity index (χ3v) is 20.0. The van der Waals surface area contributed by atoms with Crippen molar-refractivity contribution in [3.63, 3.8) is 0 Å². The van der Waals surface area contributed by atoms with Crippen LogP contribution in [0.3, 0.4) is 0 Å². The van der Waals surface area contributed by atoms with Crippen molar-refractivity contribution in [1.82, 2.24) is 29.7 Å². The largest absolute Gasteiger partial charge is 0.466 e. The van der Waals surface area contributed by atoms with Crippen molar-refractivity contribution < 1.29 is 52.8 Å². The van der Waals surface area contributed by atoms with Gasteiger partial charge in [-0.3, -0.25) is 19.7 Å². The van der Waals surface area contributed by atoms with E-state index in [1.807, 2.05) is 106 Å². The second-order valence-corrected chi connectivity index (χ2v) is 26.6. The minimum atomic E-state index is -0.384. The molecule has 3 unspecified atom stereocenters. The number of esters is 2. The summed E-state index contributed by atoms with van der Waals surface area (Å²) >= 11 is 19.3. The second-order valence-electron chi connectivity index (χ2n) is 25.3. The number of carbonyl (C=O) groups excluding carboxylic acids is 5. The summed E-state index contributed by atoms with van der Waals surface area (Å²) in [6, 6.07) is 30.2. The maximum Gasteiger partial charge on any atom is 0.409 e. The molecular formula is C82H101Cl3N6O11. The van der Waals surface area contributed by atoms with E-state index in [-0.39, 0.29) is 76.9 Å². The fourth-order valence-corrected chi connectivity index (χ4v) is 15.3. The number of piperidine rings is 3. The maximum atomic E-state index is 12.2. The lowest BCUT2D eigenvalue weighted by Crippen LogP contribution is -2.40. The van der Waals surface area contributed by atoms with E-state index in [4.69, 9.17) is 73.4 Å². The van der Waals surface area contributed by atoms with Crippen LogP contribution in [0.4, 0.5) is 14.4 Å². The minimum absolute atomic E-state index is 0. The number of nitrogens with zero attached hydrogens (tertiary/aromatic N) is 6. The Balaban J connectivity index is 0.000000212. The summed E-state index contributed by atoms with van der Waals surface area (Å²) in [5, 5.41) is 11.4. The van der Waals surface area contributed by atoms with Crippen LogP contribution in [0.1, 0.15) is 206 Å². The summed E-state index contributed by atoms with van der Waals surface area (Å²) in [5.41, 5.74) is 16.2. The standard InChI is InChI=1S/C27H31ClN2O4.C27H29ClN2O4.C25H29ClN2O3.3CH4/c2*1-3-33-24(31)10-7-19-16-20-6-5-13-29-26(20)25(22-9-8-21(28)17-23(19)22)18-11-14-30(15-12-18)27(32)34-4-2;1-2-31-25(30)28-12-9-17(10-13-28)23-21-8-7-20(26)16-22(21)18(6-4-14-29)15-19-5-3-11-27-24(19)23;;;/h5-6,8-9,13,16-18,25H,3-4,7,10-12,14-15H2,1-2H3;5-10,13,16-18,25H,3-4,11-12,14-15H2,1-2H3;3,5,7-8,11,15-17,23,29H,2,4,6,9-10,12-14H2,1H3;3*1H4/b;10-7+;;;;. The SMILES string of the molecule is C.C.C.CCOC(=O)/C=C/C1=Cc2cccnc2C(C2CCN(C(=O)OCC)CC2)c2ccc(Cl)cc21.CCOC(=O)CCC1=Cc2cccnc2C(C2CCN(C(=O)OCC)CC2)c2ccc(Cl)cc21.CCOC(=O)N1CCC(C2c3ccc(Cl)cc3C(CCCO)=Cc3cccnc32)CC1. The molecule has 3 atom stereocenters. The molecule has 3 amide bonds. The predicted molar refractivity (Wildman–Crippen MR) is 408 cm³/mol. The van der Waals surface area contributed by atoms with Crippen molar-refractivity contribution in [3.8, 4) is 0 Å². The van der Waals surface area contributed by atoms with Crippen molar-refractivity contribution in [3.05, 3.63) is 204 Å². The quantitative estimate of drug-likeness (QED) is 0.0545. The molecule has 3 aromatic heterocycles. The van der Waals surface area contributed by atoms with Crippen molar-refractivity contribution in [2.45, 2.75) is 139 Å². The summed E-state index contributed by atoms with van der Waals surface area (Å²) in [5.74, 6) is 0.636. The van der Waals surface area contributed by atoms with Gasteiger partial charge in [-0.25, -0.2) is 19.2 Å². The van der Waals surface area contributed by atoms with Gasteiger partial charge in [0.2, 0.25) is 0 Å². The molecule has 6 aromatic rings. The summed E-state index contributed by atoms with van der Waals surface area (Å²) in [4.78, 5) is 80.6. The summed E-state index contributed by atoms with van der Waals surface area (Å²) in [6.45, 7) is 15.1. The van der Waals surface area contributed by atoms with Gasteiger partial charge in [0, 0.05) is 110 Å². The molecule has 3 aromatic carbocycles. The second kappa shape index (κ2) is 39.3. The number of fused-ring (bicyclic) bond motifs is 6. The highest BCUT2D eigenvalue weighted by atomic mass is 35.5. The first kappa shape index (κ1) is 81.0. The van der Waals surface area contributed by atoms with E-state index in [1.165, 1.54) is 22.8 Å². The first-order valence-electron chi connectivity index (χ1n) is 34.9. The van der Waals surface area contributed by atoms with Crippen LogP contribution in [0.15, 0.2) is 122 Å². The van der Waals surface area contributed by atoms with Crippen molar-refractivity contribution in [1.29, 1.82) is 0 Å². The Morgan fingerprint density at radius 3 is 1.20 bits per heavy atom. The number of hydrogen-bond acceptors (Lipinski definition) is 14. The zero-order valence-corrected chi connectivity index (χ0v) is 59.4. The summed E-state index contributed by atoms with van der Waals surface area (Å²) in [7, 11) is 0. The van der Waals surface area contributed by atoms with Crippen LogP contribution in [-0.4, -0.2) is 144 Å². The van der Waals surface area contributed by atoms with Gasteiger partial charge >= 0.3 is 30.2 Å². The predicted octanol–water partition coefficient (Wildman–Crippen LogP) is 18.9. The van der Waals surface area contributed by atoms with Crippen molar-refractivity contribution >= 4 is 100.0 Å². The van der Waals surface area contributed by atoms with Gasteiger partial charge in [0.05, 0.1) is 50.1 Å².